The van der Waals surface area contributed by atoms with Crippen LogP contribution in [0.2, 0.25) is 0 Å². The van der Waals surface area contributed by atoms with Crippen LogP contribution in [0.5, 0.6) is 5.75 Å². The summed E-state index contributed by atoms with van der Waals surface area (Å²) >= 11 is 0. The lowest BCUT2D eigenvalue weighted by molar-refractivity contribution is 0.0652. The van der Waals surface area contributed by atoms with Crippen molar-refractivity contribution in [1.82, 2.24) is 0 Å². The van der Waals surface area contributed by atoms with Crippen LogP contribution in [0.4, 0.5) is 5.69 Å². The molecule has 0 radical (unpaired) electrons. The molecule has 6 heteroatoms. The van der Waals surface area contributed by atoms with Crippen molar-refractivity contribution in [3.05, 3.63) is 90.0 Å². The molecule has 1 saturated heterocycles. The van der Waals surface area contributed by atoms with E-state index in [-0.39, 0.29) is 12.3 Å². The zero-order valence-electron chi connectivity index (χ0n) is 18.9. The molecule has 5 rings (SSSR count). The van der Waals surface area contributed by atoms with E-state index in [4.69, 9.17) is 9.47 Å². The number of sulfone groups is 1. The molecule has 170 valence electrons. The second-order valence-corrected chi connectivity index (χ2v) is 10.9. The van der Waals surface area contributed by atoms with E-state index in [1.165, 1.54) is 0 Å². The van der Waals surface area contributed by atoms with Crippen LogP contribution in [0.1, 0.15) is 25.0 Å². The largest absolute Gasteiger partial charge is 0.497 e. The van der Waals surface area contributed by atoms with E-state index in [1.54, 1.807) is 37.4 Å². The van der Waals surface area contributed by atoms with Gasteiger partial charge < -0.3 is 14.4 Å². The van der Waals surface area contributed by atoms with Gasteiger partial charge in [0.05, 0.1) is 28.1 Å². The Bertz CT molecular complexity index is 1300. The van der Waals surface area contributed by atoms with Crippen molar-refractivity contribution in [3.63, 3.8) is 0 Å². The van der Waals surface area contributed by atoms with Gasteiger partial charge in [0.25, 0.3) is 0 Å². The molecule has 0 bridgehead atoms. The predicted molar refractivity (Wildman–Crippen MR) is 129 cm³/mol. The van der Waals surface area contributed by atoms with Crippen molar-refractivity contribution in [2.75, 3.05) is 12.0 Å². The third-order valence-corrected chi connectivity index (χ3v) is 8.35. The van der Waals surface area contributed by atoms with Crippen LogP contribution >= 0.6 is 0 Å². The number of anilines is 1. The molecule has 3 aromatic carbocycles. The Morgan fingerprint density at radius 3 is 2.42 bits per heavy atom. The summed E-state index contributed by atoms with van der Waals surface area (Å²) in [5, 5.41) is 0. The summed E-state index contributed by atoms with van der Waals surface area (Å²) in [6, 6.07) is 22.0. The van der Waals surface area contributed by atoms with Gasteiger partial charge in [-0.25, -0.2) is 8.42 Å². The van der Waals surface area contributed by atoms with E-state index in [2.05, 4.69) is 24.8 Å². The number of para-hydroxylation sites is 1. The fourth-order valence-electron chi connectivity index (χ4n) is 4.81. The van der Waals surface area contributed by atoms with Gasteiger partial charge in [0, 0.05) is 6.42 Å². The quantitative estimate of drug-likeness (QED) is 0.529. The lowest BCUT2D eigenvalue weighted by Crippen LogP contribution is -2.46. The van der Waals surface area contributed by atoms with Crippen molar-refractivity contribution >= 4 is 21.6 Å². The number of ether oxygens (including phenoxy) is 2. The number of benzene rings is 3. The first-order valence-electron chi connectivity index (χ1n) is 11.0. The van der Waals surface area contributed by atoms with Gasteiger partial charge in [0.15, 0.2) is 0 Å². The van der Waals surface area contributed by atoms with Gasteiger partial charge in [-0.05, 0) is 55.3 Å². The Labute approximate surface area is 195 Å². The number of hydrogen-bond acceptors (Lipinski definition) is 5. The van der Waals surface area contributed by atoms with Gasteiger partial charge in [-0.2, -0.15) is 0 Å². The molecule has 2 aliphatic heterocycles. The first-order valence-corrected chi connectivity index (χ1v) is 12.5. The molecule has 0 spiro atoms. The molecule has 5 nitrogen and oxygen atoms in total. The van der Waals surface area contributed by atoms with Crippen LogP contribution in [0.3, 0.4) is 0 Å². The van der Waals surface area contributed by atoms with Gasteiger partial charge in [0.2, 0.25) is 9.84 Å². The van der Waals surface area contributed by atoms with Gasteiger partial charge in [0.1, 0.15) is 18.1 Å². The molecule has 2 unspecified atom stereocenters. The van der Waals surface area contributed by atoms with Crippen LogP contribution in [-0.4, -0.2) is 33.4 Å². The van der Waals surface area contributed by atoms with E-state index in [0.29, 0.717) is 16.2 Å². The summed E-state index contributed by atoms with van der Waals surface area (Å²) in [6.07, 6.45) is 4.37. The molecule has 0 aromatic heterocycles. The summed E-state index contributed by atoms with van der Waals surface area (Å²) in [6.45, 7) is 4.22. The fraction of sp³-hybridized carbons (Fsp3) is 0.259. The second-order valence-electron chi connectivity index (χ2n) is 8.95. The number of hydrogen-bond donors (Lipinski definition) is 0. The van der Waals surface area contributed by atoms with E-state index in [0.717, 1.165) is 22.6 Å². The van der Waals surface area contributed by atoms with Gasteiger partial charge in [-0.15, -0.1) is 0 Å². The molecule has 1 fully saturated rings. The predicted octanol–water partition coefficient (Wildman–Crippen LogP) is 5.11. The van der Waals surface area contributed by atoms with E-state index < -0.39 is 15.4 Å². The van der Waals surface area contributed by atoms with Crippen LogP contribution in [-0.2, 0) is 21.0 Å². The third kappa shape index (κ3) is 3.63. The molecule has 0 N–H and O–H groups in total. The number of fused-ring (bicyclic) bond motifs is 3. The summed E-state index contributed by atoms with van der Waals surface area (Å²) in [4.78, 5) is 2.79. The number of methoxy groups -OCH3 is 1. The monoisotopic (exact) mass is 461 g/mol. The summed E-state index contributed by atoms with van der Waals surface area (Å²) in [5.74, 6) is 0.814. The average Bonchev–Trinajstić information content (AvgIpc) is 3.32. The van der Waals surface area contributed by atoms with Gasteiger partial charge in [-0.3, -0.25) is 0 Å². The fourth-order valence-corrected chi connectivity index (χ4v) is 6.32. The maximum absolute atomic E-state index is 13.5. The molecule has 2 aliphatic rings. The second kappa shape index (κ2) is 8.04. The first-order chi connectivity index (χ1) is 15.8. The first kappa shape index (κ1) is 21.7. The molecule has 0 aliphatic carbocycles. The lowest BCUT2D eigenvalue weighted by atomic mass is 9.95. The van der Waals surface area contributed by atoms with Crippen LogP contribution in [0, 0.1) is 0 Å². The molecule has 2 heterocycles. The highest BCUT2D eigenvalue weighted by atomic mass is 32.2. The normalized spacial score (nSPS) is 21.2. The Balaban J connectivity index is 1.50. The van der Waals surface area contributed by atoms with Crippen LogP contribution < -0.4 is 9.64 Å². The zero-order valence-corrected chi connectivity index (χ0v) is 19.7. The van der Waals surface area contributed by atoms with E-state index >= 15 is 0 Å². The van der Waals surface area contributed by atoms with E-state index in [1.807, 2.05) is 48.5 Å². The van der Waals surface area contributed by atoms with Crippen LogP contribution in [0.25, 0.3) is 6.08 Å². The minimum Gasteiger partial charge on any atom is -0.497 e. The SMILES string of the molecule is COc1ccc(C=CC2OC3Cc4cccc(S(=O)(=O)c5ccccc5)c4N3C2(C)C)cc1. The smallest absolute Gasteiger partial charge is 0.208 e. The third-order valence-electron chi connectivity index (χ3n) is 6.55. The molecule has 2 atom stereocenters. The van der Waals surface area contributed by atoms with Crippen molar-refractivity contribution in [2.45, 2.75) is 47.9 Å². The summed E-state index contributed by atoms with van der Waals surface area (Å²) in [7, 11) is -2.01. The molecule has 0 saturated carbocycles. The van der Waals surface area contributed by atoms with E-state index in [9.17, 15) is 8.42 Å². The highest BCUT2D eigenvalue weighted by molar-refractivity contribution is 7.91. The summed E-state index contributed by atoms with van der Waals surface area (Å²) in [5.41, 5.74) is 2.38. The van der Waals surface area contributed by atoms with Crippen molar-refractivity contribution < 1.29 is 17.9 Å². The molecular weight excluding hydrogens is 434 g/mol. The Hall–Kier alpha value is -3.09. The maximum atomic E-state index is 13.5. The van der Waals surface area contributed by atoms with Gasteiger partial charge in [-0.1, -0.05) is 54.6 Å². The number of nitrogens with zero attached hydrogens (tertiary/aromatic N) is 1. The maximum Gasteiger partial charge on any atom is 0.208 e. The Morgan fingerprint density at radius 1 is 1.00 bits per heavy atom. The van der Waals surface area contributed by atoms with Crippen molar-refractivity contribution in [3.8, 4) is 5.75 Å². The topological polar surface area (TPSA) is 55.8 Å². The van der Waals surface area contributed by atoms with Crippen molar-refractivity contribution in [1.29, 1.82) is 0 Å². The number of rotatable bonds is 5. The minimum atomic E-state index is -3.66. The average molecular weight is 462 g/mol. The van der Waals surface area contributed by atoms with Crippen molar-refractivity contribution in [2.24, 2.45) is 0 Å². The molecule has 33 heavy (non-hydrogen) atoms. The standard InChI is InChI=1S/C27H27NO4S/c1-27(2)24(17-14-19-12-15-21(31-3)16-13-19)32-25-18-20-8-7-11-23(26(20)28(25)27)33(29,30)22-9-5-4-6-10-22/h4-17,24-25H,18H2,1-3H3. The van der Waals surface area contributed by atoms with Crippen LogP contribution in [0.15, 0.2) is 88.7 Å². The Kier molecular flexibility index (Phi) is 5.30. The Morgan fingerprint density at radius 2 is 1.73 bits per heavy atom. The van der Waals surface area contributed by atoms with Gasteiger partial charge >= 0.3 is 0 Å². The summed E-state index contributed by atoms with van der Waals surface area (Å²) < 4.78 is 38.8. The minimum absolute atomic E-state index is 0.190. The molecular formula is C27H27NO4S. The highest BCUT2D eigenvalue weighted by Gasteiger charge is 2.52. The lowest BCUT2D eigenvalue weighted by Gasteiger charge is -2.35. The highest BCUT2D eigenvalue weighted by Crippen LogP contribution is 2.49. The molecule has 0 amide bonds. The zero-order chi connectivity index (χ0) is 23.2. The molecule has 3 aromatic rings.